The molecule has 0 saturated carbocycles. The molecule has 0 aliphatic carbocycles. The molecule has 0 aliphatic heterocycles. The number of esters is 1. The van der Waals surface area contributed by atoms with Gasteiger partial charge in [-0.3, -0.25) is 4.79 Å². The number of carbonyl (C=O) groups excluding carboxylic acids is 1. The van der Waals surface area contributed by atoms with Crippen molar-refractivity contribution in [2.45, 2.75) is 40.2 Å². The molecule has 27 heavy (non-hydrogen) atoms. The fraction of sp³-hybridized carbons (Fsp3) is 0.300. The van der Waals surface area contributed by atoms with Crippen molar-refractivity contribution in [2.75, 3.05) is 0 Å². The van der Waals surface area contributed by atoms with Gasteiger partial charge in [0.25, 0.3) is 0 Å². The van der Waals surface area contributed by atoms with Crippen LogP contribution < -0.4 is 0 Å². The topological polar surface area (TPSA) is 69.4 Å². The Kier molecular flexibility index (Phi) is 4.61. The number of fused-ring (bicyclic) bond motifs is 2. The number of nitrogens with zero attached hydrogens (tertiary/aromatic N) is 4. The molecule has 0 fully saturated rings. The summed E-state index contributed by atoms with van der Waals surface area (Å²) in [6.07, 6.45) is 0.887. The zero-order valence-corrected chi connectivity index (χ0v) is 16.3. The first kappa shape index (κ1) is 17.6. The molecule has 138 valence electrons. The van der Waals surface area contributed by atoms with E-state index in [2.05, 4.69) is 15.1 Å². The minimum absolute atomic E-state index is 0.214. The van der Waals surface area contributed by atoms with E-state index in [1.165, 1.54) is 0 Å². The summed E-state index contributed by atoms with van der Waals surface area (Å²) >= 11 is 1.55. The summed E-state index contributed by atoms with van der Waals surface area (Å²) in [5.41, 5.74) is 5.70. The molecule has 0 aliphatic rings. The number of aryl methyl sites for hydroxylation is 3. The highest BCUT2D eigenvalue weighted by Gasteiger charge is 2.14. The van der Waals surface area contributed by atoms with Crippen molar-refractivity contribution in [3.05, 3.63) is 58.0 Å². The van der Waals surface area contributed by atoms with E-state index in [1.54, 1.807) is 11.3 Å². The standard InChI is InChI=1S/C20H20N4O2S/c1-12-10-18-21-13(2)15(14(3)24(18)23-12)8-9-20(25)26-11-19-22-16-6-4-5-7-17(16)27-19/h4-7,10H,8-9,11H2,1-3H3. The molecule has 4 rings (SSSR count). The highest BCUT2D eigenvalue weighted by molar-refractivity contribution is 7.18. The van der Waals surface area contributed by atoms with Crippen LogP contribution in [0, 0.1) is 20.8 Å². The molecule has 0 unspecified atom stereocenters. The molecule has 0 N–H and O–H groups in total. The Balaban J connectivity index is 1.41. The molecular formula is C20H20N4O2S. The van der Waals surface area contributed by atoms with Gasteiger partial charge in [0.15, 0.2) is 5.65 Å². The van der Waals surface area contributed by atoms with Crippen LogP contribution in [-0.2, 0) is 22.6 Å². The first-order chi connectivity index (χ1) is 13.0. The van der Waals surface area contributed by atoms with Gasteiger partial charge in [-0.05, 0) is 44.9 Å². The van der Waals surface area contributed by atoms with E-state index in [0.717, 1.165) is 43.5 Å². The van der Waals surface area contributed by atoms with Crippen LogP contribution in [0.2, 0.25) is 0 Å². The van der Waals surface area contributed by atoms with Gasteiger partial charge in [-0.25, -0.2) is 14.5 Å². The lowest BCUT2D eigenvalue weighted by Gasteiger charge is -2.10. The summed E-state index contributed by atoms with van der Waals surface area (Å²) in [4.78, 5) is 21.3. The fourth-order valence-corrected chi connectivity index (χ4v) is 4.11. The van der Waals surface area contributed by atoms with Gasteiger partial charge in [-0.2, -0.15) is 5.10 Å². The van der Waals surface area contributed by atoms with Crippen LogP contribution in [0.15, 0.2) is 30.3 Å². The van der Waals surface area contributed by atoms with E-state index in [4.69, 9.17) is 4.74 Å². The molecule has 0 amide bonds. The zero-order chi connectivity index (χ0) is 19.0. The van der Waals surface area contributed by atoms with Gasteiger partial charge in [-0.1, -0.05) is 12.1 Å². The molecule has 0 saturated heterocycles. The van der Waals surface area contributed by atoms with E-state index in [0.29, 0.717) is 12.8 Å². The number of para-hydroxylation sites is 1. The summed E-state index contributed by atoms with van der Waals surface area (Å²) < 4.78 is 8.35. The highest BCUT2D eigenvalue weighted by Crippen LogP contribution is 2.22. The van der Waals surface area contributed by atoms with E-state index in [1.807, 2.05) is 55.6 Å². The predicted molar refractivity (Wildman–Crippen MR) is 105 cm³/mol. The minimum Gasteiger partial charge on any atom is -0.458 e. The summed E-state index contributed by atoms with van der Waals surface area (Å²) in [6, 6.07) is 9.87. The number of benzene rings is 1. The number of aromatic nitrogens is 4. The van der Waals surface area contributed by atoms with Crippen molar-refractivity contribution in [3.8, 4) is 0 Å². The number of rotatable bonds is 5. The quantitative estimate of drug-likeness (QED) is 0.491. The Bertz CT molecular complexity index is 1110. The lowest BCUT2D eigenvalue weighted by Crippen LogP contribution is -2.10. The lowest BCUT2D eigenvalue weighted by atomic mass is 10.1. The maximum Gasteiger partial charge on any atom is 0.306 e. The first-order valence-electron chi connectivity index (χ1n) is 8.84. The smallest absolute Gasteiger partial charge is 0.306 e. The number of thiazole rings is 1. The monoisotopic (exact) mass is 380 g/mol. The van der Waals surface area contributed by atoms with Crippen LogP contribution in [0.5, 0.6) is 0 Å². The van der Waals surface area contributed by atoms with Gasteiger partial charge in [-0.15, -0.1) is 11.3 Å². The van der Waals surface area contributed by atoms with Crippen LogP contribution in [-0.4, -0.2) is 25.6 Å². The van der Waals surface area contributed by atoms with Crippen molar-refractivity contribution in [1.29, 1.82) is 0 Å². The van der Waals surface area contributed by atoms with E-state index >= 15 is 0 Å². The molecule has 0 spiro atoms. The van der Waals surface area contributed by atoms with Crippen molar-refractivity contribution in [1.82, 2.24) is 19.6 Å². The summed E-state index contributed by atoms with van der Waals surface area (Å²) in [7, 11) is 0. The van der Waals surface area contributed by atoms with Gasteiger partial charge in [0.2, 0.25) is 0 Å². The molecule has 0 atom stereocenters. The molecule has 4 aromatic rings. The van der Waals surface area contributed by atoms with E-state index in [-0.39, 0.29) is 12.6 Å². The Morgan fingerprint density at radius 2 is 2.00 bits per heavy atom. The second-order valence-electron chi connectivity index (χ2n) is 6.55. The van der Waals surface area contributed by atoms with Crippen LogP contribution >= 0.6 is 11.3 Å². The third kappa shape index (κ3) is 3.55. The molecule has 7 heteroatoms. The summed E-state index contributed by atoms with van der Waals surface area (Å²) in [5.74, 6) is -0.232. The Hall–Kier alpha value is -2.80. The molecular weight excluding hydrogens is 360 g/mol. The number of carbonyl (C=O) groups is 1. The van der Waals surface area contributed by atoms with Crippen LogP contribution in [0.1, 0.15) is 34.1 Å². The van der Waals surface area contributed by atoms with Crippen LogP contribution in [0.25, 0.3) is 15.9 Å². The average Bonchev–Trinajstić information content (AvgIpc) is 3.22. The third-order valence-electron chi connectivity index (χ3n) is 4.56. The van der Waals surface area contributed by atoms with Gasteiger partial charge < -0.3 is 4.74 Å². The molecule has 6 nitrogen and oxygen atoms in total. The second-order valence-corrected chi connectivity index (χ2v) is 7.67. The zero-order valence-electron chi connectivity index (χ0n) is 15.5. The van der Waals surface area contributed by atoms with Crippen LogP contribution in [0.3, 0.4) is 0 Å². The molecule has 3 aromatic heterocycles. The first-order valence-corrected chi connectivity index (χ1v) is 9.65. The average molecular weight is 380 g/mol. The van der Waals surface area contributed by atoms with Gasteiger partial charge in [0, 0.05) is 23.9 Å². The SMILES string of the molecule is Cc1cc2nc(C)c(CCC(=O)OCc3nc4ccccc4s3)c(C)n2n1. The van der Waals surface area contributed by atoms with Crippen molar-refractivity contribution >= 4 is 33.2 Å². The van der Waals surface area contributed by atoms with E-state index in [9.17, 15) is 4.79 Å². The maximum atomic E-state index is 12.2. The predicted octanol–water partition coefficient (Wildman–Crippen LogP) is 3.94. The second kappa shape index (κ2) is 7.08. The van der Waals surface area contributed by atoms with Crippen LogP contribution in [0.4, 0.5) is 0 Å². The third-order valence-corrected chi connectivity index (χ3v) is 5.57. The normalized spacial score (nSPS) is 11.4. The highest BCUT2D eigenvalue weighted by atomic mass is 32.1. The molecule has 0 bridgehead atoms. The molecule has 3 heterocycles. The van der Waals surface area contributed by atoms with Gasteiger partial charge >= 0.3 is 5.97 Å². The molecule has 1 aromatic carbocycles. The Labute approximate surface area is 160 Å². The van der Waals surface area contributed by atoms with Crippen molar-refractivity contribution in [2.24, 2.45) is 0 Å². The van der Waals surface area contributed by atoms with Gasteiger partial charge in [0.1, 0.15) is 11.6 Å². The summed E-state index contributed by atoms with van der Waals surface area (Å²) in [6.45, 7) is 6.14. The summed E-state index contributed by atoms with van der Waals surface area (Å²) in [5, 5.41) is 5.28. The van der Waals surface area contributed by atoms with Crippen molar-refractivity contribution in [3.63, 3.8) is 0 Å². The number of hydrogen-bond acceptors (Lipinski definition) is 6. The Morgan fingerprint density at radius 3 is 2.81 bits per heavy atom. The minimum atomic E-state index is -0.232. The number of hydrogen-bond donors (Lipinski definition) is 0. The largest absolute Gasteiger partial charge is 0.458 e. The molecule has 0 radical (unpaired) electrons. The van der Waals surface area contributed by atoms with Crippen molar-refractivity contribution < 1.29 is 9.53 Å². The lowest BCUT2D eigenvalue weighted by molar-refractivity contribution is -0.144. The number of ether oxygens (including phenoxy) is 1. The van der Waals surface area contributed by atoms with Gasteiger partial charge in [0.05, 0.1) is 15.9 Å². The van der Waals surface area contributed by atoms with E-state index < -0.39 is 0 Å². The Morgan fingerprint density at radius 1 is 1.19 bits per heavy atom. The fourth-order valence-electron chi connectivity index (χ4n) is 3.23. The maximum absolute atomic E-state index is 12.2.